The van der Waals surface area contributed by atoms with Crippen LogP contribution >= 0.6 is 0 Å². The van der Waals surface area contributed by atoms with Crippen LogP contribution in [0.15, 0.2) is 30.5 Å². The molecule has 29 heavy (non-hydrogen) atoms. The highest BCUT2D eigenvalue weighted by molar-refractivity contribution is 5.65. The van der Waals surface area contributed by atoms with Gasteiger partial charge < -0.3 is 9.80 Å². The number of hydrogen-bond donors (Lipinski definition) is 0. The first-order chi connectivity index (χ1) is 13.5. The van der Waals surface area contributed by atoms with Gasteiger partial charge in [-0.05, 0) is 18.2 Å². The van der Waals surface area contributed by atoms with E-state index in [1.807, 2.05) is 0 Å². The largest absolute Gasteiger partial charge is 0.433 e. The first-order valence-corrected chi connectivity index (χ1v) is 8.22. The first-order valence-electron chi connectivity index (χ1n) is 8.22. The number of nitro groups is 1. The number of hydrogen-bond acceptors (Lipinski definition) is 6. The van der Waals surface area contributed by atoms with E-state index in [2.05, 4.69) is 9.97 Å². The minimum atomic E-state index is -4.72. The molecular formula is C16H13F6N5O2. The van der Waals surface area contributed by atoms with Crippen LogP contribution in [0.3, 0.4) is 0 Å². The summed E-state index contributed by atoms with van der Waals surface area (Å²) in [7, 11) is 0. The van der Waals surface area contributed by atoms with E-state index in [9.17, 15) is 36.5 Å². The van der Waals surface area contributed by atoms with Crippen molar-refractivity contribution in [3.8, 4) is 0 Å². The SMILES string of the molecule is O=[N+]([O-])c1cc(C(F)(F)F)ccc1N1CCN(c2nccc(C(F)(F)F)n2)CC1. The van der Waals surface area contributed by atoms with E-state index in [-0.39, 0.29) is 37.8 Å². The fraction of sp³-hybridized carbons (Fsp3) is 0.375. The van der Waals surface area contributed by atoms with Crippen LogP contribution in [-0.4, -0.2) is 41.1 Å². The number of aromatic nitrogens is 2. The minimum Gasteiger partial charge on any atom is -0.362 e. The normalized spacial score (nSPS) is 15.5. The maximum absolute atomic E-state index is 12.8. The highest BCUT2D eigenvalue weighted by Gasteiger charge is 2.35. The fourth-order valence-corrected chi connectivity index (χ4v) is 2.92. The summed E-state index contributed by atoms with van der Waals surface area (Å²) in [4.78, 5) is 20.6. The summed E-state index contributed by atoms with van der Waals surface area (Å²) in [5.74, 6) is -0.138. The lowest BCUT2D eigenvalue weighted by atomic mass is 10.1. The van der Waals surface area contributed by atoms with Gasteiger partial charge in [-0.15, -0.1) is 0 Å². The van der Waals surface area contributed by atoms with Crippen LogP contribution in [-0.2, 0) is 12.4 Å². The smallest absolute Gasteiger partial charge is 0.362 e. The molecule has 0 unspecified atom stereocenters. The van der Waals surface area contributed by atoms with Crippen LogP contribution in [0.4, 0.5) is 43.7 Å². The molecule has 1 aromatic heterocycles. The average molecular weight is 421 g/mol. The van der Waals surface area contributed by atoms with Crippen molar-refractivity contribution in [3.05, 3.63) is 51.8 Å². The van der Waals surface area contributed by atoms with Crippen molar-refractivity contribution in [2.45, 2.75) is 12.4 Å². The molecule has 3 rings (SSSR count). The van der Waals surface area contributed by atoms with Crippen molar-refractivity contribution in [1.29, 1.82) is 0 Å². The topological polar surface area (TPSA) is 75.4 Å². The van der Waals surface area contributed by atoms with Crippen molar-refractivity contribution in [1.82, 2.24) is 9.97 Å². The van der Waals surface area contributed by atoms with E-state index < -0.39 is 34.2 Å². The number of nitro benzene ring substituents is 1. The van der Waals surface area contributed by atoms with E-state index in [1.54, 1.807) is 0 Å². The predicted molar refractivity (Wildman–Crippen MR) is 89.6 cm³/mol. The van der Waals surface area contributed by atoms with Crippen molar-refractivity contribution in [2.24, 2.45) is 0 Å². The molecule has 1 aliphatic heterocycles. The number of rotatable bonds is 3. The maximum atomic E-state index is 12.8. The summed E-state index contributed by atoms with van der Waals surface area (Å²) in [6.07, 6.45) is -8.36. The zero-order valence-electron chi connectivity index (χ0n) is 14.5. The van der Waals surface area contributed by atoms with E-state index in [0.717, 1.165) is 24.4 Å². The summed E-state index contributed by atoms with van der Waals surface area (Å²) in [6, 6.07) is 2.99. The molecule has 1 aliphatic rings. The molecule has 0 spiro atoms. The van der Waals surface area contributed by atoms with Gasteiger partial charge in [0.2, 0.25) is 5.95 Å². The van der Waals surface area contributed by atoms with Gasteiger partial charge in [0, 0.05) is 38.4 Å². The molecule has 1 fully saturated rings. The Morgan fingerprint density at radius 3 is 2.10 bits per heavy atom. The third-order valence-corrected chi connectivity index (χ3v) is 4.34. The maximum Gasteiger partial charge on any atom is 0.433 e. The van der Waals surface area contributed by atoms with Crippen molar-refractivity contribution in [3.63, 3.8) is 0 Å². The molecule has 0 saturated carbocycles. The van der Waals surface area contributed by atoms with Crippen LogP contribution in [0.25, 0.3) is 0 Å². The Morgan fingerprint density at radius 2 is 1.55 bits per heavy atom. The fourth-order valence-electron chi connectivity index (χ4n) is 2.92. The number of piperazine rings is 1. The van der Waals surface area contributed by atoms with Gasteiger partial charge in [-0.1, -0.05) is 0 Å². The lowest BCUT2D eigenvalue weighted by molar-refractivity contribution is -0.384. The quantitative estimate of drug-likeness (QED) is 0.427. The molecule has 0 atom stereocenters. The van der Waals surface area contributed by atoms with E-state index >= 15 is 0 Å². The molecular weight excluding hydrogens is 408 g/mol. The lowest BCUT2D eigenvalue weighted by Crippen LogP contribution is -2.47. The third-order valence-electron chi connectivity index (χ3n) is 4.34. The summed E-state index contributed by atoms with van der Waals surface area (Å²) < 4.78 is 76.9. The molecule has 7 nitrogen and oxygen atoms in total. The number of anilines is 2. The standard InChI is InChI=1S/C16H13F6N5O2/c17-15(18,19)10-1-2-11(12(9-10)27(28)29)25-5-7-26(8-6-25)14-23-4-3-13(24-14)16(20,21)22/h1-4,9H,5-8H2. The average Bonchev–Trinajstić information content (AvgIpc) is 2.66. The Hall–Kier alpha value is -3.12. The summed E-state index contributed by atoms with van der Waals surface area (Å²) in [5.41, 5.74) is -2.91. The van der Waals surface area contributed by atoms with Crippen LogP contribution in [0.5, 0.6) is 0 Å². The van der Waals surface area contributed by atoms with Crippen molar-refractivity contribution >= 4 is 17.3 Å². The van der Waals surface area contributed by atoms with E-state index in [4.69, 9.17) is 0 Å². The molecule has 0 N–H and O–H groups in total. The van der Waals surface area contributed by atoms with Gasteiger partial charge in [0.25, 0.3) is 5.69 Å². The van der Waals surface area contributed by atoms with Crippen LogP contribution < -0.4 is 9.80 Å². The first kappa shape index (κ1) is 20.6. The Morgan fingerprint density at radius 1 is 0.931 bits per heavy atom. The second-order valence-corrected chi connectivity index (χ2v) is 6.17. The monoisotopic (exact) mass is 421 g/mol. The molecule has 0 radical (unpaired) electrons. The second-order valence-electron chi connectivity index (χ2n) is 6.17. The minimum absolute atomic E-state index is 0.00705. The summed E-state index contributed by atoms with van der Waals surface area (Å²) in [5, 5.41) is 11.2. The van der Waals surface area contributed by atoms with E-state index in [0.29, 0.717) is 6.07 Å². The Balaban J connectivity index is 1.78. The summed E-state index contributed by atoms with van der Waals surface area (Å²) >= 11 is 0. The van der Waals surface area contributed by atoms with Crippen LogP contribution in [0.1, 0.15) is 11.3 Å². The zero-order valence-corrected chi connectivity index (χ0v) is 14.5. The predicted octanol–water partition coefficient (Wildman–Crippen LogP) is 3.75. The number of halogens is 6. The molecule has 13 heteroatoms. The molecule has 0 amide bonds. The Labute approximate surface area is 159 Å². The lowest BCUT2D eigenvalue weighted by Gasteiger charge is -2.36. The molecule has 0 bridgehead atoms. The van der Waals surface area contributed by atoms with Gasteiger partial charge in [0.15, 0.2) is 0 Å². The van der Waals surface area contributed by atoms with Gasteiger partial charge in [0.1, 0.15) is 11.4 Å². The molecule has 2 aromatic rings. The van der Waals surface area contributed by atoms with Gasteiger partial charge in [0.05, 0.1) is 10.5 Å². The molecule has 2 heterocycles. The van der Waals surface area contributed by atoms with Gasteiger partial charge in [-0.2, -0.15) is 26.3 Å². The second kappa shape index (κ2) is 7.37. The highest BCUT2D eigenvalue weighted by atomic mass is 19.4. The summed E-state index contributed by atoms with van der Waals surface area (Å²) in [6.45, 7) is 0.538. The third kappa shape index (κ3) is 4.49. The Bertz CT molecular complexity index is 909. The van der Waals surface area contributed by atoms with Gasteiger partial charge >= 0.3 is 12.4 Å². The van der Waals surface area contributed by atoms with Crippen LogP contribution in [0, 0.1) is 10.1 Å². The number of benzene rings is 1. The highest BCUT2D eigenvalue weighted by Crippen LogP contribution is 2.37. The van der Waals surface area contributed by atoms with Gasteiger partial charge in [-0.25, -0.2) is 9.97 Å². The number of nitrogens with zero attached hydrogens (tertiary/aromatic N) is 5. The van der Waals surface area contributed by atoms with Crippen molar-refractivity contribution in [2.75, 3.05) is 36.0 Å². The van der Waals surface area contributed by atoms with E-state index in [1.165, 1.54) is 9.80 Å². The zero-order chi connectivity index (χ0) is 21.4. The van der Waals surface area contributed by atoms with Gasteiger partial charge in [-0.3, -0.25) is 10.1 Å². The van der Waals surface area contributed by atoms with Crippen molar-refractivity contribution < 1.29 is 31.3 Å². The van der Waals surface area contributed by atoms with Crippen LogP contribution in [0.2, 0.25) is 0 Å². The molecule has 1 saturated heterocycles. The molecule has 0 aliphatic carbocycles. The number of alkyl halides is 6. The Kier molecular flexibility index (Phi) is 5.24. The molecule has 1 aromatic carbocycles. The molecule has 156 valence electrons.